The molecule has 0 aliphatic heterocycles. The summed E-state index contributed by atoms with van der Waals surface area (Å²) < 4.78 is 15.8. The minimum atomic E-state index is -0.508. The van der Waals surface area contributed by atoms with E-state index in [-0.39, 0.29) is 0 Å². The quantitative estimate of drug-likeness (QED) is 0.569. The lowest BCUT2D eigenvalue weighted by Gasteiger charge is -2.19. The molecule has 0 fully saturated rings. The molecular weight excluding hydrogens is 344 g/mol. The van der Waals surface area contributed by atoms with Gasteiger partial charge in [0.2, 0.25) is 0 Å². The van der Waals surface area contributed by atoms with Gasteiger partial charge in [0, 0.05) is 6.54 Å². The predicted octanol–water partition coefficient (Wildman–Crippen LogP) is 3.94. The monoisotopic (exact) mass is 372 g/mol. The van der Waals surface area contributed by atoms with Crippen molar-refractivity contribution in [2.24, 2.45) is 0 Å². The molecule has 2 aromatic rings. The lowest BCUT2D eigenvalue weighted by atomic mass is 10.0. The Kier molecular flexibility index (Phi) is 7.07. The first-order valence-corrected chi connectivity index (χ1v) is 8.85. The third-order valence-corrected chi connectivity index (χ3v) is 3.80. The van der Waals surface area contributed by atoms with E-state index in [0.717, 1.165) is 23.1 Å². The van der Waals surface area contributed by atoms with Crippen molar-refractivity contribution in [2.45, 2.75) is 32.8 Å². The summed E-state index contributed by atoms with van der Waals surface area (Å²) in [5.74, 6) is 1.41. The van der Waals surface area contributed by atoms with E-state index in [1.54, 1.807) is 14.2 Å². The number of hydrogen-bond acceptors (Lipinski definition) is 5. The number of hydrazine groups is 1. The molecular formula is C21H28N2O4. The molecule has 0 saturated heterocycles. The fourth-order valence-corrected chi connectivity index (χ4v) is 2.52. The van der Waals surface area contributed by atoms with Gasteiger partial charge in [-0.1, -0.05) is 30.3 Å². The van der Waals surface area contributed by atoms with Gasteiger partial charge < -0.3 is 14.2 Å². The number of carbonyl (C=O) groups is 1. The van der Waals surface area contributed by atoms with Gasteiger partial charge in [-0.25, -0.2) is 10.2 Å². The van der Waals surface area contributed by atoms with Crippen molar-refractivity contribution < 1.29 is 19.0 Å². The van der Waals surface area contributed by atoms with Crippen molar-refractivity contribution in [1.82, 2.24) is 10.9 Å². The van der Waals surface area contributed by atoms with E-state index in [1.165, 1.54) is 0 Å². The summed E-state index contributed by atoms with van der Waals surface area (Å²) in [5, 5.41) is 0. The highest BCUT2D eigenvalue weighted by atomic mass is 16.6. The normalized spacial score (nSPS) is 11.0. The summed E-state index contributed by atoms with van der Waals surface area (Å²) in [4.78, 5) is 11.6. The molecule has 0 bridgehead atoms. The highest BCUT2D eigenvalue weighted by molar-refractivity contribution is 5.68. The van der Waals surface area contributed by atoms with E-state index >= 15 is 0 Å². The molecule has 2 aromatic carbocycles. The van der Waals surface area contributed by atoms with Gasteiger partial charge in [0.15, 0.2) is 11.5 Å². The smallest absolute Gasteiger partial charge is 0.422 e. The highest BCUT2D eigenvalue weighted by Gasteiger charge is 2.15. The third kappa shape index (κ3) is 6.49. The van der Waals surface area contributed by atoms with Crippen LogP contribution in [0.3, 0.4) is 0 Å². The van der Waals surface area contributed by atoms with E-state index in [4.69, 9.17) is 14.2 Å². The molecule has 146 valence electrons. The summed E-state index contributed by atoms with van der Waals surface area (Å²) in [6.45, 7) is 6.08. The molecule has 2 rings (SSSR count). The molecule has 0 saturated carbocycles. The summed E-state index contributed by atoms with van der Waals surface area (Å²) in [6.07, 6.45) is 0.299. The Bertz CT molecular complexity index is 752. The van der Waals surface area contributed by atoms with Crippen molar-refractivity contribution in [3.8, 4) is 22.6 Å². The average Bonchev–Trinajstić information content (AvgIpc) is 2.63. The molecule has 0 aliphatic rings. The second-order valence-corrected chi connectivity index (χ2v) is 7.07. The molecule has 0 aliphatic carbocycles. The SMILES string of the molecule is COc1ccc(-c2ccc(CCNNC(=O)OC(C)(C)C)cc2)cc1OC. The van der Waals surface area contributed by atoms with Crippen LogP contribution in [0, 0.1) is 0 Å². The second kappa shape index (κ2) is 9.28. The summed E-state index contributed by atoms with van der Waals surface area (Å²) in [6, 6.07) is 14.1. The number of benzene rings is 2. The van der Waals surface area contributed by atoms with Crippen LogP contribution < -0.4 is 20.3 Å². The third-order valence-electron chi connectivity index (χ3n) is 3.80. The summed E-state index contributed by atoms with van der Waals surface area (Å²) in [7, 11) is 3.25. The number of nitrogens with one attached hydrogen (secondary N) is 2. The number of methoxy groups -OCH3 is 2. The van der Waals surface area contributed by atoms with Crippen molar-refractivity contribution in [3.63, 3.8) is 0 Å². The van der Waals surface area contributed by atoms with Crippen LogP contribution in [0.2, 0.25) is 0 Å². The average molecular weight is 372 g/mol. The first-order valence-electron chi connectivity index (χ1n) is 8.85. The van der Waals surface area contributed by atoms with Crippen LogP contribution >= 0.6 is 0 Å². The number of amides is 1. The molecule has 0 aromatic heterocycles. The first-order chi connectivity index (χ1) is 12.8. The second-order valence-electron chi connectivity index (χ2n) is 7.07. The maximum atomic E-state index is 11.6. The van der Waals surface area contributed by atoms with Crippen LogP contribution in [0.5, 0.6) is 11.5 Å². The van der Waals surface area contributed by atoms with Crippen molar-refractivity contribution in [1.29, 1.82) is 0 Å². The number of carbonyl (C=O) groups excluding carboxylic acids is 1. The van der Waals surface area contributed by atoms with Gasteiger partial charge in [0.1, 0.15) is 5.60 Å². The Morgan fingerprint density at radius 3 is 2.15 bits per heavy atom. The van der Waals surface area contributed by atoms with Gasteiger partial charge >= 0.3 is 6.09 Å². The van der Waals surface area contributed by atoms with Crippen molar-refractivity contribution >= 4 is 6.09 Å². The van der Waals surface area contributed by atoms with E-state index in [0.29, 0.717) is 18.0 Å². The molecule has 0 heterocycles. The molecule has 0 unspecified atom stereocenters. The Balaban J connectivity index is 1.88. The largest absolute Gasteiger partial charge is 0.493 e. The molecule has 2 N–H and O–H groups in total. The van der Waals surface area contributed by atoms with Crippen LogP contribution in [0.1, 0.15) is 26.3 Å². The standard InChI is InChI=1S/C21H28N2O4/c1-21(2,3)27-20(24)23-22-13-12-15-6-8-16(9-7-15)17-10-11-18(25-4)19(14-17)26-5/h6-11,14,22H,12-13H2,1-5H3,(H,23,24). The first kappa shape index (κ1) is 20.6. The van der Waals surface area contributed by atoms with E-state index < -0.39 is 11.7 Å². The summed E-state index contributed by atoms with van der Waals surface area (Å²) in [5.41, 5.74) is 8.22. The highest BCUT2D eigenvalue weighted by Crippen LogP contribution is 2.32. The van der Waals surface area contributed by atoms with Gasteiger partial charge in [0.05, 0.1) is 14.2 Å². The summed E-state index contributed by atoms with van der Waals surface area (Å²) >= 11 is 0. The Morgan fingerprint density at radius 1 is 0.926 bits per heavy atom. The van der Waals surface area contributed by atoms with Gasteiger partial charge in [-0.3, -0.25) is 5.43 Å². The van der Waals surface area contributed by atoms with Crippen molar-refractivity contribution in [3.05, 3.63) is 48.0 Å². The van der Waals surface area contributed by atoms with Crippen LogP contribution in [-0.4, -0.2) is 32.5 Å². The maximum absolute atomic E-state index is 11.6. The number of rotatable bonds is 7. The molecule has 6 heteroatoms. The zero-order valence-corrected chi connectivity index (χ0v) is 16.6. The van der Waals surface area contributed by atoms with Crippen LogP contribution in [0.25, 0.3) is 11.1 Å². The van der Waals surface area contributed by atoms with Crippen LogP contribution in [-0.2, 0) is 11.2 Å². The van der Waals surface area contributed by atoms with Crippen LogP contribution in [0.15, 0.2) is 42.5 Å². The Labute approximate surface area is 160 Å². The van der Waals surface area contributed by atoms with Gasteiger partial charge in [-0.2, -0.15) is 0 Å². The lowest BCUT2D eigenvalue weighted by molar-refractivity contribution is 0.0499. The minimum absolute atomic E-state index is 0.480. The fourth-order valence-electron chi connectivity index (χ4n) is 2.52. The molecule has 1 amide bonds. The zero-order chi connectivity index (χ0) is 19.9. The molecule has 0 atom stereocenters. The fraction of sp³-hybridized carbons (Fsp3) is 0.381. The Morgan fingerprint density at radius 2 is 1.56 bits per heavy atom. The molecule has 0 spiro atoms. The van der Waals surface area contributed by atoms with Crippen molar-refractivity contribution in [2.75, 3.05) is 20.8 Å². The molecule has 6 nitrogen and oxygen atoms in total. The molecule has 27 heavy (non-hydrogen) atoms. The van der Waals surface area contributed by atoms with E-state index in [2.05, 4.69) is 35.1 Å². The lowest BCUT2D eigenvalue weighted by Crippen LogP contribution is -2.41. The van der Waals surface area contributed by atoms with Gasteiger partial charge in [-0.15, -0.1) is 0 Å². The van der Waals surface area contributed by atoms with E-state index in [1.807, 2.05) is 39.0 Å². The maximum Gasteiger partial charge on any atom is 0.422 e. The van der Waals surface area contributed by atoms with Gasteiger partial charge in [-0.05, 0) is 56.0 Å². The number of hydrogen-bond donors (Lipinski definition) is 2. The number of ether oxygens (including phenoxy) is 3. The molecule has 0 radical (unpaired) electrons. The van der Waals surface area contributed by atoms with E-state index in [9.17, 15) is 4.79 Å². The topological polar surface area (TPSA) is 68.8 Å². The zero-order valence-electron chi connectivity index (χ0n) is 16.6. The minimum Gasteiger partial charge on any atom is -0.493 e. The Hall–Kier alpha value is -2.73. The predicted molar refractivity (Wildman–Crippen MR) is 106 cm³/mol. The van der Waals surface area contributed by atoms with Crippen LogP contribution in [0.4, 0.5) is 4.79 Å². The van der Waals surface area contributed by atoms with Gasteiger partial charge in [0.25, 0.3) is 0 Å².